The van der Waals surface area contributed by atoms with Crippen molar-refractivity contribution in [3.63, 3.8) is 0 Å². The summed E-state index contributed by atoms with van der Waals surface area (Å²) in [5.74, 6) is 0.429. The van der Waals surface area contributed by atoms with Gasteiger partial charge in [-0.3, -0.25) is 4.79 Å². The second-order valence-corrected chi connectivity index (χ2v) is 13.0. The van der Waals surface area contributed by atoms with E-state index in [1.165, 1.54) is 10.4 Å². The van der Waals surface area contributed by atoms with Gasteiger partial charge in [-0.15, -0.1) is 0 Å². The minimum Gasteiger partial charge on any atom is -0.466 e. The molecule has 0 aromatic heterocycles. The van der Waals surface area contributed by atoms with Gasteiger partial charge in [-0.2, -0.15) is 0 Å². The van der Waals surface area contributed by atoms with E-state index in [-0.39, 0.29) is 16.9 Å². The fourth-order valence-corrected chi connectivity index (χ4v) is 8.81. The Morgan fingerprint density at radius 3 is 2.00 bits per heavy atom. The normalized spacial score (nSPS) is 19.3. The van der Waals surface area contributed by atoms with Gasteiger partial charge >= 0.3 is 5.97 Å². The van der Waals surface area contributed by atoms with Gasteiger partial charge < -0.3 is 9.16 Å². The highest BCUT2D eigenvalue weighted by molar-refractivity contribution is 6.99. The van der Waals surface area contributed by atoms with Crippen molar-refractivity contribution in [2.75, 3.05) is 13.2 Å². The maximum atomic E-state index is 11.9. The van der Waals surface area contributed by atoms with E-state index >= 15 is 0 Å². The van der Waals surface area contributed by atoms with Gasteiger partial charge in [0.05, 0.1) is 12.5 Å². The van der Waals surface area contributed by atoms with Gasteiger partial charge in [-0.05, 0) is 41.1 Å². The first-order valence-electron chi connectivity index (χ1n) is 10.3. The summed E-state index contributed by atoms with van der Waals surface area (Å²) < 4.78 is 12.1. The molecule has 2 atom stereocenters. The van der Waals surface area contributed by atoms with Crippen molar-refractivity contribution < 1.29 is 14.0 Å². The molecule has 1 fully saturated rings. The van der Waals surface area contributed by atoms with Crippen LogP contribution in [0.25, 0.3) is 0 Å². The number of hydrogen-bond donors (Lipinski definition) is 0. The second kappa shape index (κ2) is 8.62. The summed E-state index contributed by atoms with van der Waals surface area (Å²) in [5.41, 5.74) is 0. The van der Waals surface area contributed by atoms with Crippen LogP contribution in [-0.4, -0.2) is 27.5 Å². The fraction of sp³-hybridized carbons (Fsp3) is 0.458. The van der Waals surface area contributed by atoms with Gasteiger partial charge in [0.1, 0.15) is 0 Å². The lowest BCUT2D eigenvalue weighted by Gasteiger charge is -2.43. The maximum absolute atomic E-state index is 11.9. The standard InChI is InChI=1S/C24H32O3Si/c1-5-26-23(25)22-18-19(22)16-17-27-28(24(2,3)4,20-12-8-6-9-13-20)21-14-10-7-11-15-21/h6-15,19,22H,5,16-18H2,1-4H3. The zero-order valence-electron chi connectivity index (χ0n) is 17.5. The molecule has 0 amide bonds. The van der Waals surface area contributed by atoms with Gasteiger partial charge in [0.25, 0.3) is 8.32 Å². The molecule has 2 aromatic carbocycles. The summed E-state index contributed by atoms with van der Waals surface area (Å²) >= 11 is 0. The molecule has 3 nitrogen and oxygen atoms in total. The average Bonchev–Trinajstić information content (AvgIpc) is 3.46. The third kappa shape index (κ3) is 4.23. The Kier molecular flexibility index (Phi) is 6.41. The first-order valence-corrected chi connectivity index (χ1v) is 12.2. The summed E-state index contributed by atoms with van der Waals surface area (Å²) in [6.07, 6.45) is 1.84. The molecule has 1 aliphatic rings. The molecule has 150 valence electrons. The molecule has 4 heteroatoms. The third-order valence-electron chi connectivity index (χ3n) is 5.74. The van der Waals surface area contributed by atoms with Crippen LogP contribution in [0.4, 0.5) is 0 Å². The number of benzene rings is 2. The summed E-state index contributed by atoms with van der Waals surface area (Å²) in [7, 11) is -2.47. The van der Waals surface area contributed by atoms with E-state index < -0.39 is 8.32 Å². The molecule has 0 radical (unpaired) electrons. The van der Waals surface area contributed by atoms with E-state index in [9.17, 15) is 4.79 Å². The molecule has 0 bridgehead atoms. The summed E-state index contributed by atoms with van der Waals surface area (Å²) in [6.45, 7) is 9.86. The highest BCUT2D eigenvalue weighted by atomic mass is 28.4. The van der Waals surface area contributed by atoms with Crippen LogP contribution in [0.5, 0.6) is 0 Å². The molecule has 0 saturated heterocycles. The van der Waals surface area contributed by atoms with E-state index in [0.717, 1.165) is 12.8 Å². The van der Waals surface area contributed by atoms with Gasteiger partial charge in [-0.1, -0.05) is 81.4 Å². The van der Waals surface area contributed by atoms with Crippen molar-refractivity contribution in [3.8, 4) is 0 Å². The monoisotopic (exact) mass is 396 g/mol. The van der Waals surface area contributed by atoms with E-state index in [4.69, 9.17) is 9.16 Å². The molecule has 0 spiro atoms. The summed E-state index contributed by atoms with van der Waals surface area (Å²) in [4.78, 5) is 11.9. The second-order valence-electron chi connectivity index (χ2n) is 8.65. The number of hydrogen-bond acceptors (Lipinski definition) is 3. The molecule has 1 aliphatic carbocycles. The van der Waals surface area contributed by atoms with Crippen LogP contribution in [0.15, 0.2) is 60.7 Å². The molecule has 3 rings (SSSR count). The van der Waals surface area contributed by atoms with Crippen molar-refractivity contribution in [3.05, 3.63) is 60.7 Å². The predicted molar refractivity (Wildman–Crippen MR) is 116 cm³/mol. The lowest BCUT2D eigenvalue weighted by atomic mass is 10.2. The number of ether oxygens (including phenoxy) is 1. The maximum Gasteiger partial charge on any atom is 0.309 e. The first kappa shape index (κ1) is 20.8. The summed E-state index contributed by atoms with van der Waals surface area (Å²) in [6, 6.07) is 21.4. The average molecular weight is 397 g/mol. The number of carbonyl (C=O) groups is 1. The van der Waals surface area contributed by atoms with Crippen molar-refractivity contribution >= 4 is 24.7 Å². The highest BCUT2D eigenvalue weighted by Crippen LogP contribution is 2.43. The van der Waals surface area contributed by atoms with Gasteiger partial charge in [0, 0.05) is 6.61 Å². The zero-order chi connectivity index (χ0) is 20.2. The molecular weight excluding hydrogens is 364 g/mol. The molecule has 0 heterocycles. The Bertz CT molecular complexity index is 728. The van der Waals surface area contributed by atoms with Crippen LogP contribution in [-0.2, 0) is 14.0 Å². The lowest BCUT2D eigenvalue weighted by Crippen LogP contribution is -2.66. The topological polar surface area (TPSA) is 35.5 Å². The molecule has 0 N–H and O–H groups in total. The van der Waals surface area contributed by atoms with Crippen LogP contribution in [0, 0.1) is 11.8 Å². The Morgan fingerprint density at radius 1 is 1.00 bits per heavy atom. The lowest BCUT2D eigenvalue weighted by molar-refractivity contribution is -0.145. The SMILES string of the molecule is CCOC(=O)C1CC1CCO[Si](c1ccccc1)(c1ccccc1)C(C)(C)C. The van der Waals surface area contributed by atoms with Crippen LogP contribution in [0.1, 0.15) is 40.5 Å². The summed E-state index contributed by atoms with van der Waals surface area (Å²) in [5, 5.41) is 2.58. The minimum atomic E-state index is -2.47. The molecular formula is C24H32O3Si. The highest BCUT2D eigenvalue weighted by Gasteiger charge is 2.51. The number of carbonyl (C=O) groups excluding carboxylic acids is 1. The van der Waals surface area contributed by atoms with E-state index in [2.05, 4.69) is 81.4 Å². The van der Waals surface area contributed by atoms with Crippen molar-refractivity contribution in [2.45, 2.75) is 45.6 Å². The first-order chi connectivity index (χ1) is 13.4. The van der Waals surface area contributed by atoms with Crippen LogP contribution >= 0.6 is 0 Å². The zero-order valence-corrected chi connectivity index (χ0v) is 18.5. The Balaban J connectivity index is 1.83. The van der Waals surface area contributed by atoms with E-state index in [1.807, 2.05) is 6.92 Å². The number of rotatable bonds is 8. The predicted octanol–water partition coefficient (Wildman–Crippen LogP) is 4.15. The minimum absolute atomic E-state index is 0.0141. The van der Waals surface area contributed by atoms with Crippen LogP contribution in [0.3, 0.4) is 0 Å². The van der Waals surface area contributed by atoms with E-state index in [1.54, 1.807) is 0 Å². The Hall–Kier alpha value is -1.91. The quantitative estimate of drug-likeness (QED) is 0.497. The van der Waals surface area contributed by atoms with Crippen LogP contribution in [0.2, 0.25) is 5.04 Å². The van der Waals surface area contributed by atoms with Crippen molar-refractivity contribution in [1.29, 1.82) is 0 Å². The van der Waals surface area contributed by atoms with Crippen LogP contribution < -0.4 is 10.4 Å². The smallest absolute Gasteiger partial charge is 0.309 e. The molecule has 2 aromatic rings. The largest absolute Gasteiger partial charge is 0.466 e. The third-order valence-corrected chi connectivity index (χ3v) is 10.8. The fourth-order valence-electron chi connectivity index (χ4n) is 4.23. The molecule has 2 unspecified atom stereocenters. The Morgan fingerprint density at radius 2 is 1.54 bits per heavy atom. The van der Waals surface area contributed by atoms with E-state index in [0.29, 0.717) is 19.1 Å². The molecule has 0 aliphatic heterocycles. The number of esters is 1. The molecule has 1 saturated carbocycles. The van der Waals surface area contributed by atoms with Gasteiger partial charge in [-0.25, -0.2) is 0 Å². The van der Waals surface area contributed by atoms with Gasteiger partial charge in [0.2, 0.25) is 0 Å². The molecule has 28 heavy (non-hydrogen) atoms. The van der Waals surface area contributed by atoms with Crippen molar-refractivity contribution in [1.82, 2.24) is 0 Å². The van der Waals surface area contributed by atoms with Crippen molar-refractivity contribution in [2.24, 2.45) is 11.8 Å². The Labute approximate surface area is 170 Å². The van der Waals surface area contributed by atoms with Gasteiger partial charge in [0.15, 0.2) is 0 Å².